The smallest absolute Gasteiger partial charge is 0.0486 e. The van der Waals surface area contributed by atoms with Crippen LogP contribution in [0.1, 0.15) is 23.5 Å². The van der Waals surface area contributed by atoms with Crippen molar-refractivity contribution in [2.24, 2.45) is 5.73 Å². The molecule has 1 nitrogen and oxygen atoms in total. The van der Waals surface area contributed by atoms with Crippen LogP contribution in [0.2, 0.25) is 5.02 Å². The number of nitrogens with two attached hydrogens (primary N) is 1. The molecule has 0 saturated heterocycles. The van der Waals surface area contributed by atoms with Crippen molar-refractivity contribution in [3.63, 3.8) is 0 Å². The molecule has 0 heterocycles. The molecule has 2 atom stereocenters. The fraction of sp³-hybridized carbons (Fsp3) is 0.200. The summed E-state index contributed by atoms with van der Waals surface area (Å²) in [4.78, 5) is 0. The summed E-state index contributed by atoms with van der Waals surface area (Å²) in [6.45, 7) is 0. The second kappa shape index (κ2) is 3.86. The normalized spacial score (nSPS) is 26.8. The molecule has 2 aromatic rings. The number of rotatable bonds is 2. The summed E-state index contributed by atoms with van der Waals surface area (Å²) in [7, 11) is 0. The Morgan fingerprint density at radius 1 is 1.00 bits per heavy atom. The monoisotopic (exact) mass is 243 g/mol. The molecule has 1 aliphatic rings. The molecule has 2 N–H and O–H groups in total. The average molecular weight is 244 g/mol. The van der Waals surface area contributed by atoms with E-state index in [1.165, 1.54) is 11.1 Å². The maximum absolute atomic E-state index is 6.45. The Bertz CT molecular complexity index is 520. The first-order chi connectivity index (χ1) is 8.20. The fourth-order valence-electron chi connectivity index (χ4n) is 2.46. The minimum Gasteiger partial charge on any atom is -0.321 e. The molecule has 3 rings (SSSR count). The Hall–Kier alpha value is -1.31. The predicted molar refractivity (Wildman–Crippen MR) is 71.1 cm³/mol. The van der Waals surface area contributed by atoms with Crippen molar-refractivity contribution in [2.45, 2.75) is 17.9 Å². The molecule has 1 aliphatic carbocycles. The van der Waals surface area contributed by atoms with Crippen molar-refractivity contribution in [2.75, 3.05) is 0 Å². The summed E-state index contributed by atoms with van der Waals surface area (Å²) in [5.74, 6) is 0.419. The highest BCUT2D eigenvalue weighted by Crippen LogP contribution is 2.56. The first-order valence-corrected chi connectivity index (χ1v) is 6.18. The molecule has 1 saturated carbocycles. The third kappa shape index (κ3) is 1.86. The van der Waals surface area contributed by atoms with Crippen LogP contribution in [0.25, 0.3) is 0 Å². The van der Waals surface area contributed by atoms with Gasteiger partial charge < -0.3 is 5.73 Å². The summed E-state index contributed by atoms with van der Waals surface area (Å²) < 4.78 is 0. The first-order valence-electron chi connectivity index (χ1n) is 5.80. The van der Waals surface area contributed by atoms with Gasteiger partial charge in [-0.25, -0.2) is 0 Å². The summed E-state index contributed by atoms with van der Waals surface area (Å²) >= 11 is 5.89. The van der Waals surface area contributed by atoms with Gasteiger partial charge in [0.1, 0.15) is 0 Å². The maximum atomic E-state index is 6.45. The summed E-state index contributed by atoms with van der Waals surface area (Å²) in [5, 5.41) is 0.775. The lowest BCUT2D eigenvalue weighted by atomic mass is 10.00. The zero-order chi connectivity index (χ0) is 11.9. The summed E-state index contributed by atoms with van der Waals surface area (Å²) in [5.41, 5.74) is 8.76. The lowest BCUT2D eigenvalue weighted by Crippen LogP contribution is -2.21. The largest absolute Gasteiger partial charge is 0.321 e. The van der Waals surface area contributed by atoms with Crippen LogP contribution in [0.3, 0.4) is 0 Å². The van der Waals surface area contributed by atoms with E-state index in [0.29, 0.717) is 5.92 Å². The minimum atomic E-state index is -0.185. The molecular weight excluding hydrogens is 230 g/mol. The molecule has 1 fully saturated rings. The van der Waals surface area contributed by atoms with Gasteiger partial charge in [-0.1, -0.05) is 54.1 Å². The molecule has 86 valence electrons. The van der Waals surface area contributed by atoms with Crippen LogP contribution in [0, 0.1) is 0 Å². The van der Waals surface area contributed by atoms with Crippen molar-refractivity contribution < 1.29 is 0 Å². The first kappa shape index (κ1) is 10.8. The van der Waals surface area contributed by atoms with Crippen molar-refractivity contribution in [1.29, 1.82) is 0 Å². The van der Waals surface area contributed by atoms with Gasteiger partial charge in [-0.05, 0) is 29.7 Å². The standard InChI is InChI=1S/C15H14ClN/c16-13-8-6-11(7-9-13)14-10-15(14,17)12-4-2-1-3-5-12/h1-9,14H,10,17H2/t14-,15-/m1/s1. The predicted octanol–water partition coefficient (Wildman–Crippen LogP) is 3.68. The Morgan fingerprint density at radius 3 is 2.29 bits per heavy atom. The highest BCUT2D eigenvalue weighted by Gasteiger charge is 2.52. The lowest BCUT2D eigenvalue weighted by Gasteiger charge is -2.12. The van der Waals surface area contributed by atoms with Crippen LogP contribution >= 0.6 is 11.6 Å². The summed E-state index contributed by atoms with van der Waals surface area (Å²) in [6, 6.07) is 18.3. The van der Waals surface area contributed by atoms with Gasteiger partial charge >= 0.3 is 0 Å². The van der Waals surface area contributed by atoms with Gasteiger partial charge in [0.15, 0.2) is 0 Å². The van der Waals surface area contributed by atoms with E-state index in [-0.39, 0.29) is 5.54 Å². The molecule has 0 amide bonds. The number of hydrogen-bond acceptors (Lipinski definition) is 1. The molecular formula is C15H14ClN. The zero-order valence-corrected chi connectivity index (χ0v) is 10.2. The van der Waals surface area contributed by atoms with Gasteiger partial charge in [-0.15, -0.1) is 0 Å². The van der Waals surface area contributed by atoms with Crippen molar-refractivity contribution in [3.8, 4) is 0 Å². The quantitative estimate of drug-likeness (QED) is 0.856. The Kier molecular flexibility index (Phi) is 2.46. The van der Waals surface area contributed by atoms with Crippen LogP contribution in [-0.4, -0.2) is 0 Å². The number of halogens is 1. The van der Waals surface area contributed by atoms with E-state index in [0.717, 1.165) is 11.4 Å². The Labute approximate surface area is 106 Å². The molecule has 0 bridgehead atoms. The van der Waals surface area contributed by atoms with Crippen LogP contribution in [0.5, 0.6) is 0 Å². The molecule has 2 heteroatoms. The highest BCUT2D eigenvalue weighted by molar-refractivity contribution is 6.30. The lowest BCUT2D eigenvalue weighted by molar-refractivity contribution is 0.706. The zero-order valence-electron chi connectivity index (χ0n) is 9.44. The van der Waals surface area contributed by atoms with Crippen LogP contribution in [-0.2, 0) is 5.54 Å². The SMILES string of the molecule is N[C@@]1(c2ccccc2)C[C@@H]1c1ccc(Cl)cc1. The number of benzene rings is 2. The van der Waals surface area contributed by atoms with Crippen LogP contribution in [0.15, 0.2) is 54.6 Å². The molecule has 0 radical (unpaired) electrons. The fourth-order valence-corrected chi connectivity index (χ4v) is 2.58. The van der Waals surface area contributed by atoms with E-state index >= 15 is 0 Å². The van der Waals surface area contributed by atoms with Crippen molar-refractivity contribution in [1.82, 2.24) is 0 Å². The Balaban J connectivity index is 1.88. The third-order valence-electron chi connectivity index (χ3n) is 3.59. The van der Waals surface area contributed by atoms with Gasteiger partial charge in [0.05, 0.1) is 0 Å². The Morgan fingerprint density at radius 2 is 1.65 bits per heavy atom. The average Bonchev–Trinajstić information content (AvgIpc) is 3.05. The second-order valence-electron chi connectivity index (χ2n) is 4.71. The van der Waals surface area contributed by atoms with Gasteiger partial charge in [0, 0.05) is 16.5 Å². The maximum Gasteiger partial charge on any atom is 0.0486 e. The van der Waals surface area contributed by atoms with Gasteiger partial charge in [-0.2, -0.15) is 0 Å². The van der Waals surface area contributed by atoms with Crippen LogP contribution in [0.4, 0.5) is 0 Å². The van der Waals surface area contributed by atoms with E-state index in [1.807, 2.05) is 30.3 Å². The number of hydrogen-bond donors (Lipinski definition) is 1. The van der Waals surface area contributed by atoms with Gasteiger partial charge in [0.25, 0.3) is 0 Å². The molecule has 2 aromatic carbocycles. The van der Waals surface area contributed by atoms with Crippen LogP contribution < -0.4 is 5.73 Å². The molecule has 17 heavy (non-hydrogen) atoms. The van der Waals surface area contributed by atoms with Crippen molar-refractivity contribution in [3.05, 3.63) is 70.7 Å². The topological polar surface area (TPSA) is 26.0 Å². The van der Waals surface area contributed by atoms with E-state index in [2.05, 4.69) is 24.3 Å². The molecule has 0 aliphatic heterocycles. The van der Waals surface area contributed by atoms with Gasteiger partial charge in [-0.3, -0.25) is 0 Å². The third-order valence-corrected chi connectivity index (χ3v) is 3.84. The summed E-state index contributed by atoms with van der Waals surface area (Å²) in [6.07, 6.45) is 1.01. The van der Waals surface area contributed by atoms with E-state index in [1.54, 1.807) is 0 Å². The second-order valence-corrected chi connectivity index (χ2v) is 5.15. The van der Waals surface area contributed by atoms with E-state index < -0.39 is 0 Å². The molecule has 0 spiro atoms. The van der Waals surface area contributed by atoms with E-state index in [9.17, 15) is 0 Å². The van der Waals surface area contributed by atoms with E-state index in [4.69, 9.17) is 17.3 Å². The minimum absolute atomic E-state index is 0.185. The highest BCUT2D eigenvalue weighted by atomic mass is 35.5. The van der Waals surface area contributed by atoms with Crippen molar-refractivity contribution >= 4 is 11.6 Å². The van der Waals surface area contributed by atoms with Gasteiger partial charge in [0.2, 0.25) is 0 Å². The molecule has 0 unspecified atom stereocenters. The molecule has 0 aromatic heterocycles.